The number of hydrogen-bond donors (Lipinski definition) is 1. The Labute approximate surface area is 116 Å². The lowest BCUT2D eigenvalue weighted by Gasteiger charge is -2.62. The maximum absolute atomic E-state index is 5.21. The second-order valence-corrected chi connectivity index (χ2v) is 6.96. The summed E-state index contributed by atoms with van der Waals surface area (Å²) in [6.07, 6.45) is 2.72. The molecule has 4 rings (SSSR count). The first-order valence-electron chi connectivity index (χ1n) is 7.43. The topological polar surface area (TPSA) is 21.3 Å². The van der Waals surface area contributed by atoms with E-state index in [1.54, 1.807) is 7.11 Å². The van der Waals surface area contributed by atoms with E-state index in [-0.39, 0.29) is 0 Å². The highest BCUT2D eigenvalue weighted by Gasteiger charge is 2.57. The molecule has 3 aliphatic rings. The standard InChI is InChI=1S/C17H25NO/c1-11-9-16(15-10-14(11)17(15,2)3)18-12-5-7-13(19-4)8-6-12/h5-8,11,14-16,18H,9-10H2,1-4H3/t11-,14+,15-,16-/m1/s1. The largest absolute Gasteiger partial charge is 0.497 e. The molecule has 104 valence electrons. The molecule has 2 nitrogen and oxygen atoms in total. The minimum absolute atomic E-state index is 0.516. The van der Waals surface area contributed by atoms with E-state index >= 15 is 0 Å². The molecule has 0 spiro atoms. The summed E-state index contributed by atoms with van der Waals surface area (Å²) in [4.78, 5) is 0. The Morgan fingerprint density at radius 3 is 2.32 bits per heavy atom. The average Bonchev–Trinajstić information content (AvgIpc) is 2.38. The molecule has 0 heterocycles. The van der Waals surface area contributed by atoms with Crippen molar-refractivity contribution in [1.82, 2.24) is 0 Å². The summed E-state index contributed by atoms with van der Waals surface area (Å²) in [5.74, 6) is 3.53. The third kappa shape index (κ3) is 2.01. The van der Waals surface area contributed by atoms with Crippen molar-refractivity contribution in [1.29, 1.82) is 0 Å². The first-order valence-corrected chi connectivity index (χ1v) is 7.43. The van der Waals surface area contributed by atoms with E-state index in [0.29, 0.717) is 11.5 Å². The molecular weight excluding hydrogens is 234 g/mol. The van der Waals surface area contributed by atoms with Gasteiger partial charge in [-0.3, -0.25) is 0 Å². The van der Waals surface area contributed by atoms with Crippen LogP contribution in [0.1, 0.15) is 33.6 Å². The lowest BCUT2D eigenvalue weighted by molar-refractivity contribution is -0.106. The van der Waals surface area contributed by atoms with Gasteiger partial charge in [0.2, 0.25) is 0 Å². The van der Waals surface area contributed by atoms with Crippen LogP contribution in [0.5, 0.6) is 5.75 Å². The molecule has 0 aliphatic heterocycles. The Morgan fingerprint density at radius 1 is 1.11 bits per heavy atom. The Hall–Kier alpha value is -1.18. The van der Waals surface area contributed by atoms with Gasteiger partial charge in [-0.25, -0.2) is 0 Å². The fourth-order valence-corrected chi connectivity index (χ4v) is 4.43. The smallest absolute Gasteiger partial charge is 0.119 e. The number of rotatable bonds is 3. The summed E-state index contributed by atoms with van der Waals surface area (Å²) in [6.45, 7) is 7.32. The van der Waals surface area contributed by atoms with Crippen LogP contribution in [0.2, 0.25) is 0 Å². The molecule has 1 aromatic carbocycles. The number of ether oxygens (including phenoxy) is 1. The van der Waals surface area contributed by atoms with E-state index < -0.39 is 0 Å². The predicted octanol–water partition coefficient (Wildman–Crippen LogP) is 4.18. The predicted molar refractivity (Wildman–Crippen MR) is 79.6 cm³/mol. The molecule has 4 atom stereocenters. The van der Waals surface area contributed by atoms with Crippen LogP contribution in [0.4, 0.5) is 5.69 Å². The summed E-state index contributed by atoms with van der Waals surface area (Å²) in [7, 11) is 1.71. The van der Waals surface area contributed by atoms with Gasteiger partial charge in [-0.1, -0.05) is 20.8 Å². The molecule has 0 unspecified atom stereocenters. The molecular formula is C17H25NO. The fraction of sp³-hybridized carbons (Fsp3) is 0.647. The summed E-state index contributed by atoms with van der Waals surface area (Å²) in [5, 5.41) is 3.75. The number of anilines is 1. The lowest BCUT2D eigenvalue weighted by Crippen LogP contribution is -2.60. The fourth-order valence-electron chi connectivity index (χ4n) is 4.43. The Balaban J connectivity index is 1.72. The second kappa shape index (κ2) is 4.43. The lowest BCUT2D eigenvalue weighted by atomic mass is 9.44. The van der Waals surface area contributed by atoms with Crippen LogP contribution in [0.25, 0.3) is 0 Å². The van der Waals surface area contributed by atoms with Crippen molar-refractivity contribution < 1.29 is 4.74 Å². The summed E-state index contributed by atoms with van der Waals surface area (Å²) >= 11 is 0. The van der Waals surface area contributed by atoms with Crippen molar-refractivity contribution in [2.75, 3.05) is 12.4 Å². The molecule has 0 amide bonds. The molecule has 2 bridgehead atoms. The molecule has 3 fully saturated rings. The van der Waals surface area contributed by atoms with Gasteiger partial charge < -0.3 is 10.1 Å². The molecule has 1 aromatic rings. The third-order valence-electron chi connectivity index (χ3n) is 5.66. The number of fused-ring (bicyclic) bond motifs is 2. The molecule has 2 heteroatoms. The third-order valence-corrected chi connectivity index (χ3v) is 5.66. The van der Waals surface area contributed by atoms with Gasteiger partial charge in [0.15, 0.2) is 0 Å². The van der Waals surface area contributed by atoms with Gasteiger partial charge in [0.1, 0.15) is 5.75 Å². The van der Waals surface area contributed by atoms with Crippen molar-refractivity contribution in [2.24, 2.45) is 23.2 Å². The Bertz CT molecular complexity index is 451. The highest BCUT2D eigenvalue weighted by atomic mass is 16.5. The number of nitrogens with one attached hydrogen (secondary N) is 1. The zero-order chi connectivity index (χ0) is 13.6. The monoisotopic (exact) mass is 259 g/mol. The molecule has 3 saturated carbocycles. The van der Waals surface area contributed by atoms with E-state index in [9.17, 15) is 0 Å². The van der Waals surface area contributed by atoms with E-state index in [2.05, 4.69) is 38.2 Å². The van der Waals surface area contributed by atoms with Crippen molar-refractivity contribution in [3.05, 3.63) is 24.3 Å². The maximum Gasteiger partial charge on any atom is 0.119 e. The normalized spacial score (nSPS) is 35.4. The van der Waals surface area contributed by atoms with Gasteiger partial charge in [-0.05, 0) is 60.3 Å². The van der Waals surface area contributed by atoms with Gasteiger partial charge in [0, 0.05) is 11.7 Å². The minimum atomic E-state index is 0.516. The molecule has 0 radical (unpaired) electrons. The van der Waals surface area contributed by atoms with E-state index in [4.69, 9.17) is 4.74 Å². The van der Waals surface area contributed by atoms with E-state index in [1.165, 1.54) is 18.5 Å². The van der Waals surface area contributed by atoms with Crippen molar-refractivity contribution in [3.8, 4) is 5.75 Å². The van der Waals surface area contributed by atoms with Crippen molar-refractivity contribution in [2.45, 2.75) is 39.7 Å². The van der Waals surface area contributed by atoms with Crippen LogP contribution in [-0.4, -0.2) is 13.2 Å². The zero-order valence-electron chi connectivity index (χ0n) is 12.4. The van der Waals surface area contributed by atoms with Gasteiger partial charge in [-0.15, -0.1) is 0 Å². The van der Waals surface area contributed by atoms with Crippen LogP contribution in [0, 0.1) is 23.2 Å². The van der Waals surface area contributed by atoms with Gasteiger partial charge in [0.05, 0.1) is 7.11 Å². The van der Waals surface area contributed by atoms with Gasteiger partial charge in [0.25, 0.3) is 0 Å². The van der Waals surface area contributed by atoms with Gasteiger partial charge in [-0.2, -0.15) is 0 Å². The first-order chi connectivity index (χ1) is 9.02. The SMILES string of the molecule is COc1ccc(N[C@@H]2C[C@@H](C)[C@@H]3C[C@H]2C3(C)C)cc1. The molecule has 1 N–H and O–H groups in total. The minimum Gasteiger partial charge on any atom is -0.497 e. The van der Waals surface area contributed by atoms with Gasteiger partial charge >= 0.3 is 0 Å². The summed E-state index contributed by atoms with van der Waals surface area (Å²) < 4.78 is 5.21. The second-order valence-electron chi connectivity index (χ2n) is 6.96. The van der Waals surface area contributed by atoms with Crippen molar-refractivity contribution >= 4 is 5.69 Å². The highest BCUT2D eigenvalue weighted by Crippen LogP contribution is 2.61. The molecule has 3 aliphatic carbocycles. The highest BCUT2D eigenvalue weighted by molar-refractivity contribution is 5.47. The zero-order valence-corrected chi connectivity index (χ0v) is 12.4. The molecule has 0 saturated heterocycles. The van der Waals surface area contributed by atoms with E-state index in [0.717, 1.165) is 23.5 Å². The van der Waals surface area contributed by atoms with E-state index in [1.807, 2.05) is 12.1 Å². The Kier molecular flexibility index (Phi) is 2.99. The summed E-state index contributed by atoms with van der Waals surface area (Å²) in [5.41, 5.74) is 1.74. The van der Waals surface area contributed by atoms with Crippen LogP contribution in [0.15, 0.2) is 24.3 Å². The van der Waals surface area contributed by atoms with Crippen molar-refractivity contribution in [3.63, 3.8) is 0 Å². The molecule has 0 aromatic heterocycles. The quantitative estimate of drug-likeness (QED) is 0.879. The van der Waals surface area contributed by atoms with Crippen LogP contribution in [-0.2, 0) is 0 Å². The summed E-state index contributed by atoms with van der Waals surface area (Å²) in [6, 6.07) is 8.94. The Morgan fingerprint density at radius 2 is 1.79 bits per heavy atom. The first kappa shape index (κ1) is 12.8. The van der Waals surface area contributed by atoms with Crippen LogP contribution < -0.4 is 10.1 Å². The average molecular weight is 259 g/mol. The van der Waals surface area contributed by atoms with Crippen LogP contribution >= 0.6 is 0 Å². The molecule has 19 heavy (non-hydrogen) atoms. The maximum atomic E-state index is 5.21. The van der Waals surface area contributed by atoms with Crippen LogP contribution in [0.3, 0.4) is 0 Å². The number of methoxy groups -OCH3 is 1. The number of hydrogen-bond acceptors (Lipinski definition) is 2. The number of benzene rings is 1.